The first-order valence-electron chi connectivity index (χ1n) is 5.93. The molecule has 0 bridgehead atoms. The number of nitrogens with zero attached hydrogens (tertiary/aromatic N) is 2. The standard InChI is InChI=1S/C12H21N3S/c1-10-14-11(7-16-10)6-15(2)9-12(8-13)4-3-5-12/h7H,3-6,8-9,13H2,1-2H3. The smallest absolute Gasteiger partial charge is 0.0897 e. The molecular formula is C12H21N3S. The Balaban J connectivity index is 1.86. The Morgan fingerprint density at radius 1 is 1.56 bits per heavy atom. The van der Waals surface area contributed by atoms with Crippen LogP contribution >= 0.6 is 11.3 Å². The summed E-state index contributed by atoms with van der Waals surface area (Å²) in [6, 6.07) is 0. The Bertz CT molecular complexity index is 338. The van der Waals surface area contributed by atoms with Crippen LogP contribution in [0.5, 0.6) is 0 Å². The molecule has 2 rings (SSSR count). The second-order valence-electron chi connectivity index (χ2n) is 5.09. The molecule has 1 aliphatic rings. The van der Waals surface area contributed by atoms with Crippen LogP contribution in [0.2, 0.25) is 0 Å². The third-order valence-electron chi connectivity index (χ3n) is 3.55. The first kappa shape index (κ1) is 12.0. The van der Waals surface area contributed by atoms with Crippen LogP contribution in [0, 0.1) is 12.3 Å². The van der Waals surface area contributed by atoms with Crippen LogP contribution in [0.25, 0.3) is 0 Å². The predicted octanol–water partition coefficient (Wildman–Crippen LogP) is 2.01. The third kappa shape index (κ3) is 2.62. The molecule has 1 aliphatic carbocycles. The van der Waals surface area contributed by atoms with Crippen molar-refractivity contribution in [2.24, 2.45) is 11.1 Å². The lowest BCUT2D eigenvalue weighted by molar-refractivity contribution is 0.0840. The van der Waals surface area contributed by atoms with Gasteiger partial charge in [0.1, 0.15) is 0 Å². The van der Waals surface area contributed by atoms with Crippen molar-refractivity contribution in [3.63, 3.8) is 0 Å². The molecule has 16 heavy (non-hydrogen) atoms. The van der Waals surface area contributed by atoms with Crippen LogP contribution < -0.4 is 5.73 Å². The zero-order chi connectivity index (χ0) is 11.6. The highest BCUT2D eigenvalue weighted by molar-refractivity contribution is 7.09. The molecule has 1 fully saturated rings. The van der Waals surface area contributed by atoms with Gasteiger partial charge in [-0.3, -0.25) is 4.90 Å². The van der Waals surface area contributed by atoms with E-state index >= 15 is 0 Å². The van der Waals surface area contributed by atoms with Crippen LogP contribution in [0.1, 0.15) is 30.0 Å². The van der Waals surface area contributed by atoms with E-state index in [9.17, 15) is 0 Å². The molecule has 0 unspecified atom stereocenters. The molecular weight excluding hydrogens is 218 g/mol. The highest BCUT2D eigenvalue weighted by atomic mass is 32.1. The molecule has 1 saturated carbocycles. The van der Waals surface area contributed by atoms with Crippen molar-refractivity contribution < 1.29 is 0 Å². The molecule has 0 radical (unpaired) electrons. The lowest BCUT2D eigenvalue weighted by Gasteiger charge is -2.43. The molecule has 4 heteroatoms. The van der Waals surface area contributed by atoms with Gasteiger partial charge in [0.2, 0.25) is 0 Å². The van der Waals surface area contributed by atoms with Crippen LogP contribution in [-0.4, -0.2) is 30.0 Å². The van der Waals surface area contributed by atoms with Crippen LogP contribution in [0.4, 0.5) is 0 Å². The summed E-state index contributed by atoms with van der Waals surface area (Å²) in [6.45, 7) is 4.95. The summed E-state index contributed by atoms with van der Waals surface area (Å²) in [4.78, 5) is 6.86. The minimum atomic E-state index is 0.403. The fourth-order valence-corrected chi connectivity index (χ4v) is 3.09. The van der Waals surface area contributed by atoms with Gasteiger partial charge in [-0.05, 0) is 38.8 Å². The number of rotatable bonds is 5. The van der Waals surface area contributed by atoms with E-state index in [1.54, 1.807) is 11.3 Å². The van der Waals surface area contributed by atoms with Gasteiger partial charge in [0, 0.05) is 18.5 Å². The molecule has 90 valence electrons. The fourth-order valence-electron chi connectivity index (χ4n) is 2.49. The third-order valence-corrected chi connectivity index (χ3v) is 4.37. The van der Waals surface area contributed by atoms with Gasteiger partial charge in [0.15, 0.2) is 0 Å². The minimum Gasteiger partial charge on any atom is -0.330 e. The summed E-state index contributed by atoms with van der Waals surface area (Å²) in [6.07, 6.45) is 3.94. The van der Waals surface area contributed by atoms with Gasteiger partial charge < -0.3 is 5.73 Å². The zero-order valence-corrected chi connectivity index (χ0v) is 11.0. The largest absolute Gasteiger partial charge is 0.330 e. The SMILES string of the molecule is Cc1nc(CN(C)CC2(CN)CCC2)cs1. The van der Waals surface area contributed by atoms with Gasteiger partial charge in [-0.15, -0.1) is 11.3 Å². The Hall–Kier alpha value is -0.450. The number of hydrogen-bond acceptors (Lipinski definition) is 4. The molecule has 1 aromatic rings. The second-order valence-corrected chi connectivity index (χ2v) is 6.15. The summed E-state index contributed by atoms with van der Waals surface area (Å²) in [5.74, 6) is 0. The Morgan fingerprint density at radius 3 is 2.75 bits per heavy atom. The number of hydrogen-bond donors (Lipinski definition) is 1. The first-order valence-corrected chi connectivity index (χ1v) is 6.81. The van der Waals surface area contributed by atoms with Crippen molar-refractivity contribution in [3.05, 3.63) is 16.1 Å². The average molecular weight is 239 g/mol. The molecule has 2 N–H and O–H groups in total. The average Bonchev–Trinajstić information content (AvgIpc) is 2.57. The molecule has 1 heterocycles. The van der Waals surface area contributed by atoms with Crippen molar-refractivity contribution in [2.75, 3.05) is 20.1 Å². The summed E-state index contributed by atoms with van der Waals surface area (Å²) in [5, 5.41) is 3.31. The van der Waals surface area contributed by atoms with Crippen molar-refractivity contribution in [2.45, 2.75) is 32.7 Å². The van der Waals surface area contributed by atoms with Crippen molar-refractivity contribution in [1.29, 1.82) is 0 Å². The number of nitrogens with two attached hydrogens (primary N) is 1. The van der Waals surface area contributed by atoms with E-state index in [1.165, 1.54) is 25.0 Å². The lowest BCUT2D eigenvalue weighted by Crippen LogP contribution is -2.45. The molecule has 0 spiro atoms. The van der Waals surface area contributed by atoms with E-state index in [4.69, 9.17) is 5.73 Å². The summed E-state index contributed by atoms with van der Waals surface area (Å²) in [5.41, 5.74) is 7.47. The monoisotopic (exact) mass is 239 g/mol. The summed E-state index contributed by atoms with van der Waals surface area (Å²) in [7, 11) is 2.17. The Morgan fingerprint density at radius 2 is 2.31 bits per heavy atom. The van der Waals surface area contributed by atoms with E-state index in [1.807, 2.05) is 0 Å². The number of aryl methyl sites for hydroxylation is 1. The normalized spacial score (nSPS) is 18.8. The van der Waals surface area contributed by atoms with Crippen molar-refractivity contribution in [1.82, 2.24) is 9.88 Å². The number of thiazole rings is 1. The maximum Gasteiger partial charge on any atom is 0.0897 e. The van der Waals surface area contributed by atoms with Gasteiger partial charge in [0.05, 0.1) is 10.7 Å². The second kappa shape index (κ2) is 4.82. The topological polar surface area (TPSA) is 42.2 Å². The maximum absolute atomic E-state index is 5.87. The maximum atomic E-state index is 5.87. The summed E-state index contributed by atoms with van der Waals surface area (Å²) >= 11 is 1.73. The van der Waals surface area contributed by atoms with E-state index < -0.39 is 0 Å². The Kier molecular flexibility index (Phi) is 3.62. The molecule has 0 aromatic carbocycles. The van der Waals surface area contributed by atoms with Gasteiger partial charge in [-0.1, -0.05) is 6.42 Å². The van der Waals surface area contributed by atoms with Gasteiger partial charge in [0.25, 0.3) is 0 Å². The van der Waals surface area contributed by atoms with Crippen LogP contribution in [0.15, 0.2) is 5.38 Å². The highest BCUT2D eigenvalue weighted by Crippen LogP contribution is 2.40. The van der Waals surface area contributed by atoms with Gasteiger partial charge >= 0.3 is 0 Å². The zero-order valence-electron chi connectivity index (χ0n) is 10.2. The van der Waals surface area contributed by atoms with Gasteiger partial charge in [-0.2, -0.15) is 0 Å². The first-order chi connectivity index (χ1) is 7.63. The molecule has 0 aliphatic heterocycles. The number of aromatic nitrogens is 1. The quantitative estimate of drug-likeness (QED) is 0.854. The predicted molar refractivity (Wildman–Crippen MR) is 68.5 cm³/mol. The minimum absolute atomic E-state index is 0.403. The Labute approximate surface area is 102 Å². The van der Waals surface area contributed by atoms with E-state index in [0.717, 1.165) is 24.6 Å². The van der Waals surface area contributed by atoms with Crippen molar-refractivity contribution in [3.8, 4) is 0 Å². The molecule has 3 nitrogen and oxygen atoms in total. The fraction of sp³-hybridized carbons (Fsp3) is 0.750. The highest BCUT2D eigenvalue weighted by Gasteiger charge is 2.36. The summed E-state index contributed by atoms with van der Waals surface area (Å²) < 4.78 is 0. The van der Waals surface area contributed by atoms with E-state index in [0.29, 0.717) is 5.41 Å². The van der Waals surface area contributed by atoms with Gasteiger partial charge in [-0.25, -0.2) is 4.98 Å². The van der Waals surface area contributed by atoms with E-state index in [2.05, 4.69) is 29.2 Å². The molecule has 0 amide bonds. The van der Waals surface area contributed by atoms with Crippen molar-refractivity contribution >= 4 is 11.3 Å². The molecule has 0 saturated heterocycles. The lowest BCUT2D eigenvalue weighted by atomic mass is 9.68. The van der Waals surface area contributed by atoms with Crippen LogP contribution in [0.3, 0.4) is 0 Å². The van der Waals surface area contributed by atoms with Crippen LogP contribution in [-0.2, 0) is 6.54 Å². The molecule has 1 aromatic heterocycles. The van der Waals surface area contributed by atoms with E-state index in [-0.39, 0.29) is 0 Å². The molecule has 0 atom stereocenters.